The van der Waals surface area contributed by atoms with Crippen LogP contribution in [0.3, 0.4) is 0 Å². The van der Waals surface area contributed by atoms with Gasteiger partial charge in [0.05, 0.1) is 6.07 Å². The molecule has 1 nitrogen and oxygen atoms in total. The van der Waals surface area contributed by atoms with Gasteiger partial charge in [-0.15, -0.1) is 0 Å². The standard InChI is InChI=1S/C15H19N/c16-5-3-1-2-4-15-13-7-11-6-12(9-13)10-14(15)8-11/h1-4,11-15H,6-10H2/b3-1+,4-2+. The Balaban J connectivity index is 1.70. The Morgan fingerprint density at radius 3 is 2.06 bits per heavy atom. The van der Waals surface area contributed by atoms with Crippen LogP contribution in [0.15, 0.2) is 24.3 Å². The zero-order valence-electron chi connectivity index (χ0n) is 9.68. The Morgan fingerprint density at radius 1 is 0.875 bits per heavy atom. The molecular weight excluding hydrogens is 194 g/mol. The van der Waals surface area contributed by atoms with Crippen LogP contribution in [0.5, 0.6) is 0 Å². The highest BCUT2D eigenvalue weighted by molar-refractivity contribution is 5.14. The molecule has 0 N–H and O–H groups in total. The highest BCUT2D eigenvalue weighted by Crippen LogP contribution is 2.56. The van der Waals surface area contributed by atoms with E-state index < -0.39 is 0 Å². The lowest BCUT2D eigenvalue weighted by Crippen LogP contribution is -2.44. The molecule has 0 atom stereocenters. The van der Waals surface area contributed by atoms with Crippen LogP contribution < -0.4 is 0 Å². The number of nitriles is 1. The first-order chi connectivity index (χ1) is 7.86. The third kappa shape index (κ3) is 1.71. The van der Waals surface area contributed by atoms with E-state index in [1.54, 1.807) is 6.08 Å². The summed E-state index contributed by atoms with van der Waals surface area (Å²) in [4.78, 5) is 0. The molecule has 16 heavy (non-hydrogen) atoms. The summed E-state index contributed by atoms with van der Waals surface area (Å²) in [6, 6.07) is 2.04. The maximum Gasteiger partial charge on any atom is 0.0912 e. The van der Waals surface area contributed by atoms with Gasteiger partial charge in [0.25, 0.3) is 0 Å². The van der Waals surface area contributed by atoms with Crippen molar-refractivity contribution in [2.75, 3.05) is 0 Å². The maximum absolute atomic E-state index is 8.43. The van der Waals surface area contributed by atoms with E-state index in [9.17, 15) is 0 Å². The maximum atomic E-state index is 8.43. The molecular formula is C15H19N. The Morgan fingerprint density at radius 2 is 1.50 bits per heavy atom. The number of hydrogen-bond donors (Lipinski definition) is 0. The fourth-order valence-electron chi connectivity index (χ4n) is 4.57. The van der Waals surface area contributed by atoms with Gasteiger partial charge in [-0.3, -0.25) is 0 Å². The summed E-state index contributed by atoms with van der Waals surface area (Å²) in [5.41, 5.74) is 0. The second-order valence-corrected chi connectivity index (χ2v) is 5.88. The van der Waals surface area contributed by atoms with Crippen molar-refractivity contribution in [1.29, 1.82) is 5.26 Å². The Bertz CT molecular complexity index is 330. The van der Waals surface area contributed by atoms with Gasteiger partial charge in [0, 0.05) is 6.08 Å². The molecule has 0 saturated heterocycles. The molecule has 4 saturated carbocycles. The Labute approximate surface area is 97.8 Å². The number of allylic oxidation sites excluding steroid dienone is 4. The van der Waals surface area contributed by atoms with Gasteiger partial charge >= 0.3 is 0 Å². The van der Waals surface area contributed by atoms with Crippen molar-refractivity contribution in [2.24, 2.45) is 29.6 Å². The van der Waals surface area contributed by atoms with Crippen LogP contribution in [0.4, 0.5) is 0 Å². The molecule has 4 rings (SSSR count). The molecule has 0 aromatic heterocycles. The predicted octanol–water partition coefficient (Wildman–Crippen LogP) is 3.69. The van der Waals surface area contributed by atoms with Gasteiger partial charge in [-0.05, 0) is 61.7 Å². The van der Waals surface area contributed by atoms with Crippen LogP contribution in [0, 0.1) is 40.9 Å². The summed E-state index contributed by atoms with van der Waals surface area (Å²) in [6.45, 7) is 0. The fourth-order valence-corrected chi connectivity index (χ4v) is 4.57. The van der Waals surface area contributed by atoms with Crippen LogP contribution in [0.1, 0.15) is 32.1 Å². The van der Waals surface area contributed by atoms with Gasteiger partial charge < -0.3 is 0 Å². The van der Waals surface area contributed by atoms with Crippen molar-refractivity contribution in [1.82, 2.24) is 0 Å². The topological polar surface area (TPSA) is 23.8 Å². The monoisotopic (exact) mass is 213 g/mol. The molecule has 0 unspecified atom stereocenters. The van der Waals surface area contributed by atoms with E-state index >= 15 is 0 Å². The van der Waals surface area contributed by atoms with E-state index in [1.807, 2.05) is 12.1 Å². The number of hydrogen-bond acceptors (Lipinski definition) is 1. The first-order valence-electron chi connectivity index (χ1n) is 6.59. The molecule has 4 fully saturated rings. The molecule has 0 aliphatic heterocycles. The van der Waals surface area contributed by atoms with Crippen molar-refractivity contribution in [3.63, 3.8) is 0 Å². The minimum atomic E-state index is 0.816. The molecule has 0 aromatic rings. The average molecular weight is 213 g/mol. The van der Waals surface area contributed by atoms with Gasteiger partial charge in [0.1, 0.15) is 0 Å². The van der Waals surface area contributed by atoms with Crippen molar-refractivity contribution in [3.05, 3.63) is 24.3 Å². The highest BCUT2D eigenvalue weighted by atomic mass is 14.5. The number of rotatable bonds is 2. The summed E-state index contributed by atoms with van der Waals surface area (Å²) in [5, 5.41) is 8.43. The quantitative estimate of drug-likeness (QED) is 0.507. The second-order valence-electron chi connectivity index (χ2n) is 5.88. The van der Waals surface area contributed by atoms with Gasteiger partial charge in [0.15, 0.2) is 0 Å². The first kappa shape index (κ1) is 10.1. The van der Waals surface area contributed by atoms with Crippen molar-refractivity contribution in [3.8, 4) is 6.07 Å². The Kier molecular flexibility index (Phi) is 2.59. The molecule has 4 bridgehead atoms. The molecule has 0 aromatic carbocycles. The van der Waals surface area contributed by atoms with Crippen LogP contribution in [0.25, 0.3) is 0 Å². The first-order valence-corrected chi connectivity index (χ1v) is 6.59. The fraction of sp³-hybridized carbons (Fsp3) is 0.667. The predicted molar refractivity (Wildman–Crippen MR) is 64.4 cm³/mol. The minimum Gasteiger partial charge on any atom is -0.193 e. The minimum absolute atomic E-state index is 0.816. The molecule has 0 radical (unpaired) electrons. The number of nitrogens with zero attached hydrogens (tertiary/aromatic N) is 1. The third-order valence-corrected chi connectivity index (χ3v) is 4.91. The average Bonchev–Trinajstić information content (AvgIpc) is 2.26. The van der Waals surface area contributed by atoms with Crippen LogP contribution in [-0.2, 0) is 0 Å². The lowest BCUT2D eigenvalue weighted by atomic mass is 9.52. The summed E-state index contributed by atoms with van der Waals surface area (Å²) in [6.07, 6.45) is 15.3. The van der Waals surface area contributed by atoms with Gasteiger partial charge in [0.2, 0.25) is 0 Å². The third-order valence-electron chi connectivity index (χ3n) is 4.91. The zero-order valence-corrected chi connectivity index (χ0v) is 9.68. The molecule has 84 valence electrons. The lowest BCUT2D eigenvalue weighted by Gasteiger charge is -2.53. The van der Waals surface area contributed by atoms with Crippen LogP contribution in [0.2, 0.25) is 0 Å². The smallest absolute Gasteiger partial charge is 0.0912 e. The van der Waals surface area contributed by atoms with Crippen LogP contribution in [-0.4, -0.2) is 0 Å². The molecule has 0 amide bonds. The lowest BCUT2D eigenvalue weighted by molar-refractivity contribution is -0.0161. The summed E-state index contributed by atoms with van der Waals surface area (Å²) >= 11 is 0. The largest absolute Gasteiger partial charge is 0.193 e. The van der Waals surface area contributed by atoms with E-state index in [4.69, 9.17) is 5.26 Å². The van der Waals surface area contributed by atoms with Gasteiger partial charge in [-0.2, -0.15) is 5.26 Å². The van der Waals surface area contributed by atoms with Gasteiger partial charge in [-0.1, -0.05) is 18.2 Å². The van der Waals surface area contributed by atoms with E-state index in [0.717, 1.165) is 29.6 Å². The molecule has 1 heteroatoms. The zero-order chi connectivity index (χ0) is 11.0. The van der Waals surface area contributed by atoms with E-state index in [-0.39, 0.29) is 0 Å². The van der Waals surface area contributed by atoms with Crippen LogP contribution >= 0.6 is 0 Å². The van der Waals surface area contributed by atoms with E-state index in [0.29, 0.717) is 0 Å². The molecule has 0 spiro atoms. The van der Waals surface area contributed by atoms with Crippen molar-refractivity contribution in [2.45, 2.75) is 32.1 Å². The molecule has 0 heterocycles. The highest BCUT2D eigenvalue weighted by Gasteiger charge is 2.46. The van der Waals surface area contributed by atoms with Crippen molar-refractivity contribution < 1.29 is 0 Å². The summed E-state index contributed by atoms with van der Waals surface area (Å²) in [7, 11) is 0. The van der Waals surface area contributed by atoms with E-state index in [1.165, 1.54) is 32.1 Å². The molecule has 4 aliphatic rings. The summed E-state index contributed by atoms with van der Waals surface area (Å²) in [5.74, 6) is 4.85. The van der Waals surface area contributed by atoms with Crippen molar-refractivity contribution >= 4 is 0 Å². The second kappa shape index (κ2) is 4.09. The SMILES string of the molecule is N#C/C=C/C=C/C1C2CC3CC(C2)CC1C3. The molecule has 4 aliphatic carbocycles. The van der Waals surface area contributed by atoms with E-state index in [2.05, 4.69) is 12.2 Å². The normalized spacial score (nSPS) is 45.6. The van der Waals surface area contributed by atoms with Gasteiger partial charge in [-0.25, -0.2) is 0 Å². The summed E-state index contributed by atoms with van der Waals surface area (Å²) < 4.78 is 0. The Hall–Kier alpha value is -1.03.